The maximum Gasteiger partial charge on any atom is 0.0516 e. The van der Waals surface area contributed by atoms with Crippen LogP contribution in [-0.4, -0.2) is 53.4 Å². The summed E-state index contributed by atoms with van der Waals surface area (Å²) in [5.74, 6) is 2.40. The predicted octanol–water partition coefficient (Wildman–Crippen LogP) is 4.85. The van der Waals surface area contributed by atoms with Crippen molar-refractivity contribution in [3.05, 3.63) is 0 Å². The molecule has 27 heavy (non-hydrogen) atoms. The minimum atomic E-state index is 0.510. The van der Waals surface area contributed by atoms with Crippen LogP contribution in [0.2, 0.25) is 0 Å². The van der Waals surface area contributed by atoms with Gasteiger partial charge in [-0.2, -0.15) is 0 Å². The Morgan fingerprint density at radius 2 is 1.04 bits per heavy atom. The molecule has 3 saturated heterocycles. The van der Waals surface area contributed by atoms with E-state index in [9.17, 15) is 0 Å². The Hall–Kier alpha value is -0.160. The zero-order valence-electron chi connectivity index (χ0n) is 17.6. The lowest BCUT2D eigenvalue weighted by Crippen LogP contribution is -2.42. The van der Waals surface area contributed by atoms with E-state index in [2.05, 4.69) is 0 Å². The molecule has 3 aliphatic rings. The molecule has 0 unspecified atom stereocenters. The van der Waals surface area contributed by atoms with Gasteiger partial charge in [0.25, 0.3) is 0 Å². The second-order valence-electron chi connectivity index (χ2n) is 9.54. The van der Waals surface area contributed by atoms with Crippen molar-refractivity contribution in [3.8, 4) is 0 Å². The van der Waals surface area contributed by atoms with Crippen LogP contribution < -0.4 is 0 Å². The van der Waals surface area contributed by atoms with Gasteiger partial charge in [-0.05, 0) is 37.5 Å². The van der Waals surface area contributed by atoms with E-state index in [1.807, 2.05) is 0 Å². The number of methoxy groups -OCH3 is 1. The molecule has 0 amide bonds. The zero-order chi connectivity index (χ0) is 18.8. The largest absolute Gasteiger partial charge is 0.385 e. The summed E-state index contributed by atoms with van der Waals surface area (Å²) < 4.78 is 21.7. The van der Waals surface area contributed by atoms with Crippen LogP contribution in [0.25, 0.3) is 0 Å². The summed E-state index contributed by atoms with van der Waals surface area (Å²) in [5, 5.41) is 0. The fourth-order valence-corrected chi connectivity index (χ4v) is 5.23. The molecule has 0 bridgehead atoms. The molecule has 0 saturated carbocycles. The normalized spacial score (nSPS) is 21.7. The van der Waals surface area contributed by atoms with Crippen LogP contribution in [0.5, 0.6) is 0 Å². The van der Waals surface area contributed by atoms with E-state index in [0.29, 0.717) is 5.41 Å². The average Bonchev–Trinajstić information content (AvgIpc) is 2.56. The van der Waals surface area contributed by atoms with Crippen molar-refractivity contribution in [2.24, 2.45) is 23.2 Å². The molecular formula is C23H42O4. The van der Waals surface area contributed by atoms with Gasteiger partial charge in [0, 0.05) is 31.5 Å². The van der Waals surface area contributed by atoms with Gasteiger partial charge in [0.2, 0.25) is 0 Å². The van der Waals surface area contributed by atoms with Crippen LogP contribution in [0.15, 0.2) is 0 Å². The van der Waals surface area contributed by atoms with Crippen LogP contribution >= 0.6 is 0 Å². The molecule has 4 heteroatoms. The van der Waals surface area contributed by atoms with Crippen LogP contribution in [0.3, 0.4) is 0 Å². The lowest BCUT2D eigenvalue weighted by Gasteiger charge is -2.46. The molecule has 3 heterocycles. The highest BCUT2D eigenvalue weighted by Gasteiger charge is 2.41. The highest BCUT2D eigenvalue weighted by atomic mass is 16.5. The van der Waals surface area contributed by atoms with Crippen LogP contribution in [-0.2, 0) is 18.9 Å². The quantitative estimate of drug-likeness (QED) is 0.358. The van der Waals surface area contributed by atoms with Crippen molar-refractivity contribution in [1.82, 2.24) is 0 Å². The Balaban J connectivity index is 1.41. The van der Waals surface area contributed by atoms with E-state index < -0.39 is 0 Å². The van der Waals surface area contributed by atoms with Crippen molar-refractivity contribution in [2.75, 3.05) is 53.4 Å². The number of hydrogen-bond acceptors (Lipinski definition) is 4. The standard InChI is InChI=1S/C23H42O4/c1-24-10-8-6-4-2-3-5-7-9-23(11-20-14-25-15-20,12-21-16-26-17-21)13-22-18-27-19-22/h20-22H,2-19H2,1H3. The highest BCUT2D eigenvalue weighted by molar-refractivity contribution is 4.90. The predicted molar refractivity (Wildman–Crippen MR) is 108 cm³/mol. The first-order valence-electron chi connectivity index (χ1n) is 11.5. The molecule has 0 radical (unpaired) electrons. The Morgan fingerprint density at radius 3 is 1.41 bits per heavy atom. The maximum atomic E-state index is 5.51. The number of unbranched alkanes of at least 4 members (excludes halogenated alkanes) is 6. The van der Waals surface area contributed by atoms with Crippen molar-refractivity contribution in [3.63, 3.8) is 0 Å². The lowest BCUT2D eigenvalue weighted by atomic mass is 9.64. The van der Waals surface area contributed by atoms with Crippen molar-refractivity contribution in [1.29, 1.82) is 0 Å². The van der Waals surface area contributed by atoms with E-state index in [0.717, 1.165) is 64.0 Å². The molecule has 158 valence electrons. The molecule has 3 fully saturated rings. The molecular weight excluding hydrogens is 340 g/mol. The van der Waals surface area contributed by atoms with Crippen molar-refractivity contribution in [2.45, 2.75) is 70.6 Å². The molecule has 0 spiro atoms. The van der Waals surface area contributed by atoms with E-state index >= 15 is 0 Å². The Labute approximate surface area is 166 Å². The molecule has 3 aliphatic heterocycles. The molecule has 0 atom stereocenters. The second-order valence-corrected chi connectivity index (χ2v) is 9.54. The topological polar surface area (TPSA) is 36.9 Å². The number of ether oxygens (including phenoxy) is 4. The van der Waals surface area contributed by atoms with Gasteiger partial charge in [0.1, 0.15) is 0 Å². The summed E-state index contributed by atoms with van der Waals surface area (Å²) in [6, 6.07) is 0. The third kappa shape index (κ3) is 7.30. The van der Waals surface area contributed by atoms with Crippen molar-refractivity contribution < 1.29 is 18.9 Å². The van der Waals surface area contributed by atoms with E-state index in [4.69, 9.17) is 18.9 Å². The van der Waals surface area contributed by atoms with E-state index in [-0.39, 0.29) is 0 Å². The summed E-state index contributed by atoms with van der Waals surface area (Å²) in [5.41, 5.74) is 0.510. The monoisotopic (exact) mass is 382 g/mol. The molecule has 0 N–H and O–H groups in total. The van der Waals surface area contributed by atoms with Crippen LogP contribution in [0.4, 0.5) is 0 Å². The Morgan fingerprint density at radius 1 is 0.630 bits per heavy atom. The number of rotatable bonds is 16. The Kier molecular flexibility index (Phi) is 9.37. The average molecular weight is 383 g/mol. The molecule has 0 aromatic rings. The fourth-order valence-electron chi connectivity index (χ4n) is 5.23. The second kappa shape index (κ2) is 11.7. The molecule has 4 nitrogen and oxygen atoms in total. The van der Waals surface area contributed by atoms with Gasteiger partial charge in [-0.15, -0.1) is 0 Å². The minimum Gasteiger partial charge on any atom is -0.385 e. The Bertz CT molecular complexity index is 347. The first-order valence-corrected chi connectivity index (χ1v) is 11.5. The lowest BCUT2D eigenvalue weighted by molar-refractivity contribution is -0.108. The SMILES string of the molecule is COCCCCCCCCCC(CC1COC1)(CC1COC1)CC1COC1. The summed E-state index contributed by atoms with van der Waals surface area (Å²) in [6.45, 7) is 6.87. The third-order valence-corrected chi connectivity index (χ3v) is 6.84. The fraction of sp³-hybridized carbons (Fsp3) is 1.00. The first kappa shape index (κ1) is 21.5. The smallest absolute Gasteiger partial charge is 0.0516 e. The van der Waals surface area contributed by atoms with Gasteiger partial charge in [0.15, 0.2) is 0 Å². The van der Waals surface area contributed by atoms with Gasteiger partial charge in [-0.25, -0.2) is 0 Å². The van der Waals surface area contributed by atoms with Gasteiger partial charge < -0.3 is 18.9 Å². The van der Waals surface area contributed by atoms with Gasteiger partial charge >= 0.3 is 0 Å². The molecule has 0 aromatic heterocycles. The summed E-state index contributed by atoms with van der Waals surface area (Å²) in [4.78, 5) is 0. The molecule has 0 aromatic carbocycles. The summed E-state index contributed by atoms with van der Waals surface area (Å²) in [7, 11) is 1.80. The summed E-state index contributed by atoms with van der Waals surface area (Å²) in [6.07, 6.45) is 15.0. The van der Waals surface area contributed by atoms with Crippen LogP contribution in [0, 0.1) is 23.2 Å². The molecule has 3 rings (SSSR count). The van der Waals surface area contributed by atoms with Gasteiger partial charge in [-0.1, -0.05) is 38.5 Å². The van der Waals surface area contributed by atoms with Crippen LogP contribution in [0.1, 0.15) is 70.6 Å². The maximum absolute atomic E-state index is 5.51. The highest BCUT2D eigenvalue weighted by Crippen LogP contribution is 2.47. The first-order chi connectivity index (χ1) is 13.3. The number of hydrogen-bond donors (Lipinski definition) is 0. The van der Waals surface area contributed by atoms with Gasteiger partial charge in [-0.3, -0.25) is 0 Å². The van der Waals surface area contributed by atoms with E-state index in [1.54, 1.807) is 7.11 Å². The minimum absolute atomic E-state index is 0.510. The van der Waals surface area contributed by atoms with E-state index in [1.165, 1.54) is 70.6 Å². The molecule has 0 aliphatic carbocycles. The van der Waals surface area contributed by atoms with Gasteiger partial charge in [0.05, 0.1) is 39.6 Å². The summed E-state index contributed by atoms with van der Waals surface area (Å²) >= 11 is 0. The van der Waals surface area contributed by atoms with Crippen molar-refractivity contribution >= 4 is 0 Å². The third-order valence-electron chi connectivity index (χ3n) is 6.84. The zero-order valence-corrected chi connectivity index (χ0v) is 17.6.